The van der Waals surface area contributed by atoms with Gasteiger partial charge in [-0.25, -0.2) is 8.78 Å². The quantitative estimate of drug-likeness (QED) is 0.912. The summed E-state index contributed by atoms with van der Waals surface area (Å²) in [5.74, 6) is -0.903. The Kier molecular flexibility index (Phi) is 3.71. The number of pyridine rings is 1. The predicted octanol–water partition coefficient (Wildman–Crippen LogP) is 2.97. The number of aromatic nitrogens is 1. The summed E-state index contributed by atoms with van der Waals surface area (Å²) in [4.78, 5) is 5.07. The summed E-state index contributed by atoms with van der Waals surface area (Å²) in [6, 6.07) is 6.91. The van der Waals surface area contributed by atoms with Crippen molar-refractivity contribution < 1.29 is 8.78 Å². The molecule has 1 aromatic heterocycles. The van der Waals surface area contributed by atoms with Gasteiger partial charge >= 0.3 is 0 Å². The maximum Gasteiger partial charge on any atom is 0.137 e. The van der Waals surface area contributed by atoms with Crippen LogP contribution >= 0.6 is 11.8 Å². The Morgan fingerprint density at radius 1 is 1.18 bits per heavy atom. The smallest absolute Gasteiger partial charge is 0.137 e. The molecule has 0 aliphatic carbocycles. The van der Waals surface area contributed by atoms with Crippen molar-refractivity contribution in [1.82, 2.24) is 4.98 Å². The maximum absolute atomic E-state index is 13.4. The molecule has 88 valence electrons. The summed E-state index contributed by atoms with van der Waals surface area (Å²) in [5, 5.41) is 0. The molecule has 2 rings (SSSR count). The van der Waals surface area contributed by atoms with Crippen LogP contribution in [-0.2, 0) is 6.54 Å². The molecule has 0 aliphatic heterocycles. The van der Waals surface area contributed by atoms with E-state index in [1.165, 1.54) is 0 Å². The first-order chi connectivity index (χ1) is 8.19. The van der Waals surface area contributed by atoms with E-state index in [1.54, 1.807) is 18.3 Å². The first-order valence-electron chi connectivity index (χ1n) is 4.97. The highest BCUT2D eigenvalue weighted by atomic mass is 32.2. The molecule has 1 heterocycles. The fraction of sp³-hybridized carbons (Fsp3) is 0.0833. The van der Waals surface area contributed by atoms with E-state index in [2.05, 4.69) is 4.98 Å². The molecular weight excluding hydrogens is 242 g/mol. The second-order valence-electron chi connectivity index (χ2n) is 3.37. The zero-order valence-electron chi connectivity index (χ0n) is 8.86. The highest BCUT2D eigenvalue weighted by Gasteiger charge is 2.06. The zero-order valence-corrected chi connectivity index (χ0v) is 9.68. The van der Waals surface area contributed by atoms with E-state index in [0.29, 0.717) is 6.54 Å². The molecule has 0 aliphatic rings. The van der Waals surface area contributed by atoms with Gasteiger partial charge in [-0.05, 0) is 30.3 Å². The summed E-state index contributed by atoms with van der Waals surface area (Å²) in [6.07, 6.45) is 1.59. The van der Waals surface area contributed by atoms with Crippen molar-refractivity contribution in [3.63, 3.8) is 0 Å². The third-order valence-corrected chi connectivity index (χ3v) is 3.14. The van der Waals surface area contributed by atoms with E-state index in [4.69, 9.17) is 5.73 Å². The molecule has 0 saturated carbocycles. The molecule has 0 unspecified atom stereocenters. The van der Waals surface area contributed by atoms with Gasteiger partial charge in [0.15, 0.2) is 0 Å². The summed E-state index contributed by atoms with van der Waals surface area (Å²) in [7, 11) is 0. The average Bonchev–Trinajstić information content (AvgIpc) is 2.35. The first kappa shape index (κ1) is 12.0. The minimum atomic E-state index is -0.458. The highest BCUT2D eigenvalue weighted by Crippen LogP contribution is 2.29. The lowest BCUT2D eigenvalue weighted by Gasteiger charge is -2.03. The third-order valence-electron chi connectivity index (χ3n) is 2.13. The minimum absolute atomic E-state index is 0.243. The van der Waals surface area contributed by atoms with Crippen LogP contribution in [0.15, 0.2) is 46.3 Å². The largest absolute Gasteiger partial charge is 0.325 e. The Morgan fingerprint density at radius 3 is 2.65 bits per heavy atom. The first-order valence-corrected chi connectivity index (χ1v) is 5.78. The van der Waals surface area contributed by atoms with E-state index < -0.39 is 11.6 Å². The van der Waals surface area contributed by atoms with Gasteiger partial charge in [0.1, 0.15) is 11.6 Å². The Morgan fingerprint density at radius 2 is 2.00 bits per heavy atom. The Bertz CT molecular complexity index is 514. The van der Waals surface area contributed by atoms with Gasteiger partial charge in [-0.3, -0.25) is 4.98 Å². The van der Waals surface area contributed by atoms with Crippen LogP contribution in [-0.4, -0.2) is 4.98 Å². The van der Waals surface area contributed by atoms with Gasteiger partial charge in [0, 0.05) is 17.6 Å². The number of hydrogen-bond acceptors (Lipinski definition) is 3. The van der Waals surface area contributed by atoms with Crippen LogP contribution in [0.2, 0.25) is 0 Å². The normalized spacial score (nSPS) is 10.5. The van der Waals surface area contributed by atoms with Gasteiger partial charge in [0.2, 0.25) is 0 Å². The van der Waals surface area contributed by atoms with E-state index in [-0.39, 0.29) is 4.90 Å². The maximum atomic E-state index is 13.4. The Balaban J connectivity index is 2.22. The molecule has 0 amide bonds. The summed E-state index contributed by atoms with van der Waals surface area (Å²) < 4.78 is 26.3. The van der Waals surface area contributed by atoms with E-state index in [9.17, 15) is 8.78 Å². The molecule has 2 N–H and O–H groups in total. The number of nitrogens with two attached hydrogens (primary N) is 1. The molecular formula is C12H10F2N2S. The molecule has 17 heavy (non-hydrogen) atoms. The minimum Gasteiger partial charge on any atom is -0.325 e. The van der Waals surface area contributed by atoms with Crippen molar-refractivity contribution in [2.24, 2.45) is 5.73 Å². The van der Waals surface area contributed by atoms with Crippen LogP contribution in [0.3, 0.4) is 0 Å². The Hall–Kier alpha value is -1.46. The SMILES string of the molecule is NCc1ccc(Sc2cc(F)ccc2F)cn1. The molecule has 0 atom stereocenters. The van der Waals surface area contributed by atoms with Gasteiger partial charge < -0.3 is 5.73 Å². The van der Waals surface area contributed by atoms with Crippen LogP contribution < -0.4 is 5.73 Å². The van der Waals surface area contributed by atoms with Gasteiger partial charge in [-0.2, -0.15) is 0 Å². The van der Waals surface area contributed by atoms with Crippen molar-refractivity contribution in [2.75, 3.05) is 0 Å². The number of nitrogens with zero attached hydrogens (tertiary/aromatic N) is 1. The van der Waals surface area contributed by atoms with Crippen molar-refractivity contribution in [3.05, 3.63) is 53.9 Å². The second kappa shape index (κ2) is 5.25. The second-order valence-corrected chi connectivity index (χ2v) is 4.48. The van der Waals surface area contributed by atoms with Crippen molar-refractivity contribution in [3.8, 4) is 0 Å². The molecule has 0 saturated heterocycles. The molecule has 1 aromatic carbocycles. The fourth-order valence-corrected chi connectivity index (χ4v) is 2.11. The Labute approximate surface area is 102 Å². The van der Waals surface area contributed by atoms with E-state index >= 15 is 0 Å². The predicted molar refractivity (Wildman–Crippen MR) is 62.6 cm³/mol. The lowest BCUT2D eigenvalue weighted by Crippen LogP contribution is -1.98. The zero-order chi connectivity index (χ0) is 12.3. The average molecular weight is 252 g/mol. The standard InChI is InChI=1S/C12H10F2N2S/c13-8-1-4-11(14)12(5-8)17-10-3-2-9(6-15)16-7-10/h1-5,7H,6,15H2. The van der Waals surface area contributed by atoms with E-state index in [0.717, 1.165) is 40.6 Å². The number of benzene rings is 1. The summed E-state index contributed by atoms with van der Waals surface area (Å²) in [6.45, 7) is 0.360. The van der Waals surface area contributed by atoms with Gasteiger partial charge in [-0.1, -0.05) is 11.8 Å². The third kappa shape index (κ3) is 3.01. The molecule has 2 nitrogen and oxygen atoms in total. The topological polar surface area (TPSA) is 38.9 Å². The molecule has 5 heteroatoms. The molecule has 0 fully saturated rings. The molecule has 2 aromatic rings. The lowest BCUT2D eigenvalue weighted by atomic mass is 10.3. The summed E-state index contributed by atoms with van der Waals surface area (Å²) in [5.41, 5.74) is 6.18. The molecule has 0 bridgehead atoms. The van der Waals surface area contributed by atoms with Gasteiger partial charge in [0.25, 0.3) is 0 Å². The molecule has 0 spiro atoms. The van der Waals surface area contributed by atoms with Crippen LogP contribution in [0, 0.1) is 11.6 Å². The summed E-state index contributed by atoms with van der Waals surface area (Å²) >= 11 is 1.13. The van der Waals surface area contributed by atoms with Crippen LogP contribution in [0.4, 0.5) is 8.78 Å². The van der Waals surface area contributed by atoms with Gasteiger partial charge in [0.05, 0.1) is 10.6 Å². The van der Waals surface area contributed by atoms with Crippen LogP contribution in [0.5, 0.6) is 0 Å². The van der Waals surface area contributed by atoms with Crippen molar-refractivity contribution in [2.45, 2.75) is 16.3 Å². The van der Waals surface area contributed by atoms with Crippen LogP contribution in [0.1, 0.15) is 5.69 Å². The fourth-order valence-electron chi connectivity index (χ4n) is 1.27. The lowest BCUT2D eigenvalue weighted by molar-refractivity contribution is 0.577. The number of hydrogen-bond donors (Lipinski definition) is 1. The van der Waals surface area contributed by atoms with Gasteiger partial charge in [-0.15, -0.1) is 0 Å². The van der Waals surface area contributed by atoms with E-state index in [1.807, 2.05) is 0 Å². The highest BCUT2D eigenvalue weighted by molar-refractivity contribution is 7.99. The van der Waals surface area contributed by atoms with Crippen molar-refractivity contribution in [1.29, 1.82) is 0 Å². The van der Waals surface area contributed by atoms with Crippen LogP contribution in [0.25, 0.3) is 0 Å². The van der Waals surface area contributed by atoms with Crippen molar-refractivity contribution >= 4 is 11.8 Å². The number of rotatable bonds is 3. The number of halogens is 2. The monoisotopic (exact) mass is 252 g/mol. The molecule has 0 radical (unpaired) electrons.